The van der Waals surface area contributed by atoms with Crippen molar-refractivity contribution in [2.24, 2.45) is 0 Å². The molecule has 0 radical (unpaired) electrons. The van der Waals surface area contributed by atoms with Gasteiger partial charge in [-0.05, 0) is 60.5 Å². The molecule has 0 aromatic heterocycles. The number of nitrogens with one attached hydrogen (secondary N) is 1. The maximum atomic E-state index is 12.9. The zero-order chi connectivity index (χ0) is 23.6. The second-order valence-electron chi connectivity index (χ2n) is 8.69. The molecule has 0 spiro atoms. The molecule has 0 fully saturated rings. The highest BCUT2D eigenvalue weighted by atomic mass is 32.2. The third-order valence-electron chi connectivity index (χ3n) is 6.16. The van der Waals surface area contributed by atoms with Crippen LogP contribution in [-0.4, -0.2) is 38.3 Å². The Morgan fingerprint density at radius 3 is 2.36 bits per heavy atom. The van der Waals surface area contributed by atoms with Crippen molar-refractivity contribution in [1.82, 2.24) is 9.80 Å². The van der Waals surface area contributed by atoms with E-state index >= 15 is 0 Å². The van der Waals surface area contributed by atoms with E-state index in [1.165, 1.54) is 11.1 Å². The van der Waals surface area contributed by atoms with Gasteiger partial charge in [-0.2, -0.15) is 0 Å². The minimum Gasteiger partial charge on any atom is -0.321 e. The quantitative estimate of drug-likeness (QED) is 0.568. The standard InChI is InChI=1S/C26H29N3O3S/c1-19(21-7-5-4-6-8-21)29(3)26(30)27-24-11-13-25(14-12-24)33(31,32)18-20-9-10-22-16-28(2)17-23(22)15-20/h4-15,19H,16-18H2,1-3H3,(H,27,30). The van der Waals surface area contributed by atoms with Gasteiger partial charge in [-0.25, -0.2) is 13.2 Å². The van der Waals surface area contributed by atoms with Crippen LogP contribution in [0.1, 0.15) is 35.2 Å². The molecule has 3 aromatic rings. The fourth-order valence-electron chi connectivity index (χ4n) is 4.10. The number of hydrogen-bond donors (Lipinski definition) is 1. The smallest absolute Gasteiger partial charge is 0.321 e. The van der Waals surface area contributed by atoms with Gasteiger partial charge in [-0.1, -0.05) is 48.5 Å². The lowest BCUT2D eigenvalue weighted by Gasteiger charge is -2.25. The minimum atomic E-state index is -3.49. The number of sulfone groups is 1. The van der Waals surface area contributed by atoms with Crippen molar-refractivity contribution in [3.05, 3.63) is 95.1 Å². The van der Waals surface area contributed by atoms with Gasteiger partial charge in [0.1, 0.15) is 0 Å². The Morgan fingerprint density at radius 1 is 1.00 bits per heavy atom. The van der Waals surface area contributed by atoms with Crippen molar-refractivity contribution in [3.8, 4) is 0 Å². The Hall–Kier alpha value is -3.16. The summed E-state index contributed by atoms with van der Waals surface area (Å²) in [6.07, 6.45) is 0. The minimum absolute atomic E-state index is 0.0486. The summed E-state index contributed by atoms with van der Waals surface area (Å²) >= 11 is 0. The first-order valence-electron chi connectivity index (χ1n) is 10.9. The highest BCUT2D eigenvalue weighted by Gasteiger charge is 2.20. The molecule has 172 valence electrons. The third-order valence-corrected chi connectivity index (χ3v) is 7.86. The second-order valence-corrected chi connectivity index (χ2v) is 10.7. The van der Waals surface area contributed by atoms with Crippen LogP contribution in [0.4, 0.5) is 10.5 Å². The maximum Gasteiger partial charge on any atom is 0.322 e. The van der Waals surface area contributed by atoms with Crippen LogP contribution in [0.5, 0.6) is 0 Å². The molecule has 0 saturated carbocycles. The topological polar surface area (TPSA) is 69.7 Å². The van der Waals surface area contributed by atoms with Gasteiger partial charge in [-0.3, -0.25) is 4.90 Å². The molecule has 6 nitrogen and oxygen atoms in total. The molecule has 1 unspecified atom stereocenters. The largest absolute Gasteiger partial charge is 0.322 e. The van der Waals surface area contributed by atoms with Gasteiger partial charge < -0.3 is 10.2 Å². The zero-order valence-electron chi connectivity index (χ0n) is 19.2. The number of benzene rings is 3. The van der Waals surface area contributed by atoms with Crippen molar-refractivity contribution in [3.63, 3.8) is 0 Å². The highest BCUT2D eigenvalue weighted by molar-refractivity contribution is 7.90. The van der Waals surface area contributed by atoms with E-state index in [2.05, 4.69) is 17.3 Å². The van der Waals surface area contributed by atoms with Crippen LogP contribution in [0.3, 0.4) is 0 Å². The van der Waals surface area contributed by atoms with E-state index in [0.717, 1.165) is 24.2 Å². The Balaban J connectivity index is 1.41. The molecule has 1 N–H and O–H groups in total. The number of carbonyl (C=O) groups excluding carboxylic acids is 1. The molecule has 1 aliphatic heterocycles. The zero-order valence-corrected chi connectivity index (χ0v) is 20.0. The molecule has 1 atom stereocenters. The average molecular weight is 464 g/mol. The lowest BCUT2D eigenvalue weighted by Crippen LogP contribution is -2.33. The Labute approximate surface area is 195 Å². The summed E-state index contributed by atoms with van der Waals surface area (Å²) in [7, 11) is 0.297. The van der Waals surface area contributed by atoms with Gasteiger partial charge in [0.2, 0.25) is 0 Å². The summed E-state index contributed by atoms with van der Waals surface area (Å²) in [5.74, 6) is -0.0486. The van der Waals surface area contributed by atoms with E-state index in [1.807, 2.05) is 55.5 Å². The molecule has 0 saturated heterocycles. The molecule has 4 rings (SSSR count). The van der Waals surface area contributed by atoms with Gasteiger partial charge in [-0.15, -0.1) is 0 Å². The predicted molar refractivity (Wildman–Crippen MR) is 131 cm³/mol. The van der Waals surface area contributed by atoms with Crippen LogP contribution in [-0.2, 0) is 28.7 Å². The van der Waals surface area contributed by atoms with Crippen LogP contribution >= 0.6 is 0 Å². The van der Waals surface area contributed by atoms with Crippen molar-refractivity contribution in [2.45, 2.75) is 36.7 Å². The highest BCUT2D eigenvalue weighted by Crippen LogP contribution is 2.25. The first kappa shape index (κ1) is 23.0. The molecule has 1 aliphatic rings. The lowest BCUT2D eigenvalue weighted by molar-refractivity contribution is 0.208. The fraction of sp³-hybridized carbons (Fsp3) is 0.269. The Morgan fingerprint density at radius 2 is 1.67 bits per heavy atom. The molecule has 0 aliphatic carbocycles. The second kappa shape index (κ2) is 9.37. The van der Waals surface area contributed by atoms with Gasteiger partial charge in [0.25, 0.3) is 0 Å². The number of rotatable bonds is 6. The van der Waals surface area contributed by atoms with E-state index < -0.39 is 9.84 Å². The average Bonchev–Trinajstić information content (AvgIpc) is 3.18. The van der Waals surface area contributed by atoms with Crippen LogP contribution in [0.2, 0.25) is 0 Å². The normalized spacial score (nSPS) is 14.5. The predicted octanol–water partition coefficient (Wildman–Crippen LogP) is 4.83. The summed E-state index contributed by atoms with van der Waals surface area (Å²) in [4.78, 5) is 16.7. The van der Waals surface area contributed by atoms with Crippen molar-refractivity contribution >= 4 is 21.6 Å². The number of fused-ring (bicyclic) bond motifs is 1. The monoisotopic (exact) mass is 463 g/mol. The van der Waals surface area contributed by atoms with Crippen molar-refractivity contribution < 1.29 is 13.2 Å². The van der Waals surface area contributed by atoms with Crippen LogP contribution in [0, 0.1) is 0 Å². The summed E-state index contributed by atoms with van der Waals surface area (Å²) < 4.78 is 25.9. The maximum absolute atomic E-state index is 12.9. The summed E-state index contributed by atoms with van der Waals surface area (Å²) in [6, 6.07) is 21.7. The van der Waals surface area contributed by atoms with E-state index in [-0.39, 0.29) is 22.7 Å². The first-order valence-corrected chi connectivity index (χ1v) is 12.6. The van der Waals surface area contributed by atoms with Crippen LogP contribution in [0.15, 0.2) is 77.7 Å². The third kappa shape index (κ3) is 5.26. The van der Waals surface area contributed by atoms with Gasteiger partial charge in [0.15, 0.2) is 9.84 Å². The van der Waals surface area contributed by atoms with Crippen LogP contribution in [0.25, 0.3) is 0 Å². The van der Waals surface area contributed by atoms with Crippen LogP contribution < -0.4 is 5.32 Å². The SMILES string of the molecule is CC(c1ccccc1)N(C)C(=O)Nc1ccc(S(=O)(=O)Cc2ccc3c(c2)CN(C)C3)cc1. The number of nitrogens with zero attached hydrogens (tertiary/aromatic N) is 2. The number of amides is 2. The van der Waals surface area contributed by atoms with E-state index in [4.69, 9.17) is 0 Å². The van der Waals surface area contributed by atoms with E-state index in [0.29, 0.717) is 5.69 Å². The van der Waals surface area contributed by atoms with Crippen molar-refractivity contribution in [1.29, 1.82) is 0 Å². The molecule has 7 heteroatoms. The molecule has 1 heterocycles. The van der Waals surface area contributed by atoms with Gasteiger partial charge in [0, 0.05) is 25.8 Å². The summed E-state index contributed by atoms with van der Waals surface area (Å²) in [5, 5.41) is 2.84. The molecule has 33 heavy (non-hydrogen) atoms. The number of hydrogen-bond acceptors (Lipinski definition) is 4. The lowest BCUT2D eigenvalue weighted by atomic mass is 10.1. The molecular weight excluding hydrogens is 434 g/mol. The molecule has 2 amide bonds. The molecule has 0 bridgehead atoms. The molecule has 3 aromatic carbocycles. The van der Waals surface area contributed by atoms with Crippen molar-refractivity contribution in [2.75, 3.05) is 19.4 Å². The van der Waals surface area contributed by atoms with Gasteiger partial charge in [0.05, 0.1) is 16.7 Å². The van der Waals surface area contributed by atoms with E-state index in [1.54, 1.807) is 36.2 Å². The summed E-state index contributed by atoms with van der Waals surface area (Å²) in [6.45, 7) is 3.70. The fourth-order valence-corrected chi connectivity index (χ4v) is 5.43. The van der Waals surface area contributed by atoms with Gasteiger partial charge >= 0.3 is 6.03 Å². The number of carbonyl (C=O) groups is 1. The molecular formula is C26H29N3O3S. The first-order chi connectivity index (χ1) is 15.7. The number of anilines is 1. The Bertz CT molecular complexity index is 1240. The van der Waals surface area contributed by atoms with E-state index in [9.17, 15) is 13.2 Å². The Kier molecular flexibility index (Phi) is 6.54. The summed E-state index contributed by atoms with van der Waals surface area (Å²) in [5.41, 5.74) is 4.82. The number of urea groups is 1.